The number of aliphatic hydroxyl groups is 1. The molecular formula is C10H20N2O2. The van der Waals surface area contributed by atoms with Gasteiger partial charge in [-0.15, -0.1) is 0 Å². The molecule has 14 heavy (non-hydrogen) atoms. The minimum atomic E-state index is -0.782. The standard InChI is InChI=1S/C10H20N2O2/c1-3-10(2,14)8-11-9(13)12-6-4-5-7-12/h14H,3-8H2,1-2H3,(H,11,13). The van der Waals surface area contributed by atoms with Crippen molar-refractivity contribution in [2.75, 3.05) is 19.6 Å². The summed E-state index contributed by atoms with van der Waals surface area (Å²) >= 11 is 0. The van der Waals surface area contributed by atoms with Crippen LogP contribution in [0.2, 0.25) is 0 Å². The van der Waals surface area contributed by atoms with Gasteiger partial charge in [0.05, 0.1) is 5.60 Å². The molecule has 1 aliphatic heterocycles. The number of hydrogen-bond donors (Lipinski definition) is 2. The number of amides is 2. The highest BCUT2D eigenvalue weighted by Gasteiger charge is 2.22. The van der Waals surface area contributed by atoms with Crippen molar-refractivity contribution < 1.29 is 9.90 Å². The molecular weight excluding hydrogens is 180 g/mol. The van der Waals surface area contributed by atoms with Gasteiger partial charge in [-0.2, -0.15) is 0 Å². The normalized spacial score (nSPS) is 20.6. The molecule has 0 radical (unpaired) electrons. The molecule has 4 heteroatoms. The van der Waals surface area contributed by atoms with E-state index in [2.05, 4.69) is 5.32 Å². The van der Waals surface area contributed by atoms with Crippen LogP contribution in [0, 0.1) is 0 Å². The number of carbonyl (C=O) groups excluding carboxylic acids is 1. The Morgan fingerprint density at radius 1 is 1.50 bits per heavy atom. The summed E-state index contributed by atoms with van der Waals surface area (Å²) < 4.78 is 0. The SMILES string of the molecule is CCC(C)(O)CNC(=O)N1CCCC1. The minimum absolute atomic E-state index is 0.0452. The summed E-state index contributed by atoms with van der Waals surface area (Å²) in [5.74, 6) is 0. The van der Waals surface area contributed by atoms with Gasteiger partial charge in [0.25, 0.3) is 0 Å². The van der Waals surface area contributed by atoms with Crippen LogP contribution in [0.4, 0.5) is 4.79 Å². The predicted octanol–water partition coefficient (Wildman–Crippen LogP) is 0.953. The molecule has 1 rings (SSSR count). The van der Waals surface area contributed by atoms with E-state index < -0.39 is 5.60 Å². The van der Waals surface area contributed by atoms with Crippen LogP contribution in [0.5, 0.6) is 0 Å². The molecule has 0 aliphatic carbocycles. The lowest BCUT2D eigenvalue weighted by Gasteiger charge is -2.24. The van der Waals surface area contributed by atoms with E-state index in [1.54, 1.807) is 11.8 Å². The van der Waals surface area contributed by atoms with Crippen LogP contribution in [0.15, 0.2) is 0 Å². The summed E-state index contributed by atoms with van der Waals surface area (Å²) in [4.78, 5) is 13.3. The zero-order valence-electron chi connectivity index (χ0n) is 9.05. The Labute approximate surface area is 85.3 Å². The number of carbonyl (C=O) groups is 1. The number of rotatable bonds is 3. The number of hydrogen-bond acceptors (Lipinski definition) is 2. The molecule has 0 aromatic rings. The molecule has 0 aromatic heterocycles. The van der Waals surface area contributed by atoms with Crippen LogP contribution in [-0.2, 0) is 0 Å². The van der Waals surface area contributed by atoms with Gasteiger partial charge in [-0.1, -0.05) is 6.92 Å². The average Bonchev–Trinajstić information content (AvgIpc) is 2.67. The molecule has 1 fully saturated rings. The maximum Gasteiger partial charge on any atom is 0.317 e. The van der Waals surface area contributed by atoms with Gasteiger partial charge >= 0.3 is 6.03 Å². The third-order valence-electron chi connectivity index (χ3n) is 2.78. The lowest BCUT2D eigenvalue weighted by molar-refractivity contribution is 0.0567. The number of nitrogens with zero attached hydrogens (tertiary/aromatic N) is 1. The first-order valence-electron chi connectivity index (χ1n) is 5.30. The lowest BCUT2D eigenvalue weighted by atomic mass is 10.0. The second-order valence-corrected chi connectivity index (χ2v) is 4.20. The summed E-state index contributed by atoms with van der Waals surface area (Å²) in [6.45, 7) is 5.66. The summed E-state index contributed by atoms with van der Waals surface area (Å²) in [7, 11) is 0. The third kappa shape index (κ3) is 3.18. The van der Waals surface area contributed by atoms with E-state index in [4.69, 9.17) is 0 Å². The molecule has 2 N–H and O–H groups in total. The van der Waals surface area contributed by atoms with E-state index in [-0.39, 0.29) is 6.03 Å². The van der Waals surface area contributed by atoms with Crippen molar-refractivity contribution >= 4 is 6.03 Å². The van der Waals surface area contributed by atoms with Crippen LogP contribution in [0.1, 0.15) is 33.1 Å². The second kappa shape index (κ2) is 4.64. The average molecular weight is 200 g/mol. The van der Waals surface area contributed by atoms with E-state index in [1.807, 2.05) is 6.92 Å². The van der Waals surface area contributed by atoms with E-state index in [0.717, 1.165) is 25.9 Å². The molecule has 1 aliphatic rings. The predicted molar refractivity (Wildman–Crippen MR) is 55.1 cm³/mol. The molecule has 82 valence electrons. The van der Waals surface area contributed by atoms with E-state index >= 15 is 0 Å². The van der Waals surface area contributed by atoms with Crippen molar-refractivity contribution in [2.24, 2.45) is 0 Å². The molecule has 0 bridgehead atoms. The second-order valence-electron chi connectivity index (χ2n) is 4.20. The summed E-state index contributed by atoms with van der Waals surface area (Å²) in [6, 6.07) is -0.0452. The van der Waals surface area contributed by atoms with Crippen molar-refractivity contribution in [3.8, 4) is 0 Å². The van der Waals surface area contributed by atoms with Crippen LogP contribution < -0.4 is 5.32 Å². The number of likely N-dealkylation sites (tertiary alicyclic amines) is 1. The molecule has 2 amide bonds. The first-order valence-corrected chi connectivity index (χ1v) is 5.30. The molecule has 4 nitrogen and oxygen atoms in total. The van der Waals surface area contributed by atoms with E-state index in [0.29, 0.717) is 13.0 Å². The van der Waals surface area contributed by atoms with Crippen LogP contribution in [0.3, 0.4) is 0 Å². The van der Waals surface area contributed by atoms with Crippen LogP contribution in [-0.4, -0.2) is 41.3 Å². The number of urea groups is 1. The Morgan fingerprint density at radius 2 is 2.07 bits per heavy atom. The molecule has 1 atom stereocenters. The smallest absolute Gasteiger partial charge is 0.317 e. The zero-order valence-corrected chi connectivity index (χ0v) is 9.05. The highest BCUT2D eigenvalue weighted by atomic mass is 16.3. The van der Waals surface area contributed by atoms with Gasteiger partial charge in [-0.3, -0.25) is 0 Å². The fraction of sp³-hybridized carbons (Fsp3) is 0.900. The number of nitrogens with one attached hydrogen (secondary N) is 1. The fourth-order valence-corrected chi connectivity index (χ4v) is 1.42. The van der Waals surface area contributed by atoms with Gasteiger partial charge in [-0.25, -0.2) is 4.79 Å². The summed E-state index contributed by atoms with van der Waals surface area (Å²) in [5, 5.41) is 12.4. The van der Waals surface area contributed by atoms with Crippen LogP contribution >= 0.6 is 0 Å². The lowest BCUT2D eigenvalue weighted by Crippen LogP contribution is -2.45. The monoisotopic (exact) mass is 200 g/mol. The first-order chi connectivity index (χ1) is 6.55. The molecule has 1 saturated heterocycles. The van der Waals surface area contributed by atoms with Crippen molar-refractivity contribution in [3.05, 3.63) is 0 Å². The van der Waals surface area contributed by atoms with Crippen molar-refractivity contribution in [1.29, 1.82) is 0 Å². The Hall–Kier alpha value is -0.770. The minimum Gasteiger partial charge on any atom is -0.388 e. The Bertz CT molecular complexity index is 198. The van der Waals surface area contributed by atoms with Gasteiger partial charge < -0.3 is 15.3 Å². The van der Waals surface area contributed by atoms with Crippen LogP contribution in [0.25, 0.3) is 0 Å². The fourth-order valence-electron chi connectivity index (χ4n) is 1.42. The quantitative estimate of drug-likeness (QED) is 0.712. The van der Waals surface area contributed by atoms with Crippen molar-refractivity contribution in [1.82, 2.24) is 10.2 Å². The zero-order chi connectivity index (χ0) is 10.6. The van der Waals surface area contributed by atoms with Gasteiger partial charge in [0.15, 0.2) is 0 Å². The van der Waals surface area contributed by atoms with Gasteiger partial charge in [-0.05, 0) is 26.2 Å². The summed E-state index contributed by atoms with van der Waals surface area (Å²) in [5.41, 5.74) is -0.782. The largest absolute Gasteiger partial charge is 0.388 e. The van der Waals surface area contributed by atoms with E-state index in [9.17, 15) is 9.90 Å². The molecule has 0 aromatic carbocycles. The first kappa shape index (κ1) is 11.3. The Morgan fingerprint density at radius 3 is 2.57 bits per heavy atom. The molecule has 0 spiro atoms. The Kier molecular flexibility index (Phi) is 3.75. The molecule has 1 unspecified atom stereocenters. The van der Waals surface area contributed by atoms with E-state index in [1.165, 1.54) is 0 Å². The molecule has 1 heterocycles. The Balaban J connectivity index is 2.27. The van der Waals surface area contributed by atoms with Gasteiger partial charge in [0.2, 0.25) is 0 Å². The van der Waals surface area contributed by atoms with Gasteiger partial charge in [0.1, 0.15) is 0 Å². The van der Waals surface area contributed by atoms with Gasteiger partial charge in [0, 0.05) is 19.6 Å². The third-order valence-corrected chi connectivity index (χ3v) is 2.78. The maximum absolute atomic E-state index is 11.5. The highest BCUT2D eigenvalue weighted by Crippen LogP contribution is 2.09. The maximum atomic E-state index is 11.5. The topological polar surface area (TPSA) is 52.6 Å². The van der Waals surface area contributed by atoms with Crippen molar-refractivity contribution in [3.63, 3.8) is 0 Å². The molecule has 0 saturated carbocycles. The highest BCUT2D eigenvalue weighted by molar-refractivity contribution is 5.74. The van der Waals surface area contributed by atoms with Crippen molar-refractivity contribution in [2.45, 2.75) is 38.7 Å². The summed E-state index contributed by atoms with van der Waals surface area (Å²) in [6.07, 6.45) is 2.84.